The van der Waals surface area contributed by atoms with Gasteiger partial charge in [0.1, 0.15) is 11.3 Å². The summed E-state index contributed by atoms with van der Waals surface area (Å²) in [6.45, 7) is 4.24. The zero-order valence-electron chi connectivity index (χ0n) is 14.4. The van der Waals surface area contributed by atoms with E-state index in [2.05, 4.69) is 38.1 Å². The Bertz CT molecular complexity index is 1010. The van der Waals surface area contributed by atoms with Crippen LogP contribution in [0.2, 0.25) is 0 Å². The standard InChI is InChI=1S/C15H10O2.C8H10/c16-13-10-15(11-6-2-1-3-7-11)17-14-9-5-4-8-12(13)14;1-7-5-3-4-6-8(7)2/h1-10H;3-6H,1-2H3. The maximum absolute atomic E-state index is 11.9. The van der Waals surface area contributed by atoms with E-state index in [-0.39, 0.29) is 5.43 Å². The number of para-hydroxylation sites is 1. The summed E-state index contributed by atoms with van der Waals surface area (Å²) in [6, 6.07) is 26.8. The molecule has 4 aromatic rings. The van der Waals surface area contributed by atoms with E-state index in [4.69, 9.17) is 4.42 Å². The van der Waals surface area contributed by atoms with E-state index in [1.807, 2.05) is 48.5 Å². The predicted molar refractivity (Wildman–Crippen MR) is 104 cm³/mol. The fourth-order valence-electron chi connectivity index (χ4n) is 2.51. The maximum atomic E-state index is 11.9. The van der Waals surface area contributed by atoms with Crippen molar-refractivity contribution < 1.29 is 4.42 Å². The predicted octanol–water partition coefficient (Wildman–Crippen LogP) is 5.76. The summed E-state index contributed by atoms with van der Waals surface area (Å²) in [6.07, 6.45) is 0. The van der Waals surface area contributed by atoms with Crippen LogP contribution in [0.4, 0.5) is 0 Å². The van der Waals surface area contributed by atoms with Gasteiger partial charge in [-0.2, -0.15) is 0 Å². The summed E-state index contributed by atoms with van der Waals surface area (Å²) < 4.78 is 5.73. The van der Waals surface area contributed by atoms with Gasteiger partial charge in [0, 0.05) is 11.6 Å². The molecule has 0 aliphatic rings. The second-order valence-corrected chi connectivity index (χ2v) is 5.92. The third-order valence-corrected chi connectivity index (χ3v) is 4.12. The van der Waals surface area contributed by atoms with E-state index < -0.39 is 0 Å². The number of aryl methyl sites for hydroxylation is 2. The fraction of sp³-hybridized carbons (Fsp3) is 0.0870. The van der Waals surface area contributed by atoms with Gasteiger partial charge in [-0.15, -0.1) is 0 Å². The zero-order valence-corrected chi connectivity index (χ0v) is 14.4. The molecule has 0 unspecified atom stereocenters. The molecule has 0 bridgehead atoms. The molecule has 0 atom stereocenters. The van der Waals surface area contributed by atoms with Crippen molar-refractivity contribution in [1.82, 2.24) is 0 Å². The van der Waals surface area contributed by atoms with Gasteiger partial charge in [-0.25, -0.2) is 0 Å². The first kappa shape index (κ1) is 16.7. The molecule has 0 saturated heterocycles. The molecule has 0 radical (unpaired) electrons. The zero-order chi connectivity index (χ0) is 17.6. The van der Waals surface area contributed by atoms with Crippen LogP contribution < -0.4 is 5.43 Å². The lowest BCUT2D eigenvalue weighted by Gasteiger charge is -2.02. The lowest BCUT2D eigenvalue weighted by atomic mass is 10.1. The van der Waals surface area contributed by atoms with Crippen molar-refractivity contribution in [3.05, 3.63) is 106 Å². The van der Waals surface area contributed by atoms with Gasteiger partial charge in [-0.05, 0) is 37.1 Å². The smallest absolute Gasteiger partial charge is 0.193 e. The second-order valence-electron chi connectivity index (χ2n) is 5.92. The quantitative estimate of drug-likeness (QED) is 0.444. The first-order valence-corrected chi connectivity index (χ1v) is 8.26. The summed E-state index contributed by atoms with van der Waals surface area (Å²) >= 11 is 0. The van der Waals surface area contributed by atoms with Crippen LogP contribution in [0.25, 0.3) is 22.3 Å². The van der Waals surface area contributed by atoms with Crippen molar-refractivity contribution in [3.8, 4) is 11.3 Å². The first-order valence-electron chi connectivity index (χ1n) is 8.26. The van der Waals surface area contributed by atoms with Crippen molar-refractivity contribution in [2.45, 2.75) is 13.8 Å². The highest BCUT2D eigenvalue weighted by Gasteiger charge is 2.05. The molecule has 124 valence electrons. The van der Waals surface area contributed by atoms with Gasteiger partial charge < -0.3 is 4.42 Å². The van der Waals surface area contributed by atoms with Gasteiger partial charge >= 0.3 is 0 Å². The molecular weight excluding hydrogens is 308 g/mol. The average molecular weight is 328 g/mol. The molecule has 2 heteroatoms. The minimum absolute atomic E-state index is 0.00861. The Kier molecular flexibility index (Phi) is 5.10. The number of hydrogen-bond donors (Lipinski definition) is 0. The van der Waals surface area contributed by atoms with Crippen LogP contribution in [-0.2, 0) is 0 Å². The Balaban J connectivity index is 0.000000192. The summed E-state index contributed by atoms with van der Waals surface area (Å²) in [5.74, 6) is 0.606. The number of benzene rings is 3. The molecule has 25 heavy (non-hydrogen) atoms. The van der Waals surface area contributed by atoms with Crippen molar-refractivity contribution in [2.75, 3.05) is 0 Å². The SMILES string of the molecule is Cc1ccccc1C.O=c1cc(-c2ccccc2)oc2ccccc12. The molecule has 1 heterocycles. The minimum Gasteiger partial charge on any atom is -0.456 e. The third kappa shape index (κ3) is 4.04. The van der Waals surface area contributed by atoms with Crippen molar-refractivity contribution >= 4 is 11.0 Å². The van der Waals surface area contributed by atoms with E-state index in [1.54, 1.807) is 6.07 Å². The van der Waals surface area contributed by atoms with E-state index in [0.29, 0.717) is 16.7 Å². The molecule has 2 nitrogen and oxygen atoms in total. The molecule has 3 aromatic carbocycles. The van der Waals surface area contributed by atoms with E-state index in [0.717, 1.165) is 5.56 Å². The van der Waals surface area contributed by atoms with Crippen molar-refractivity contribution in [2.24, 2.45) is 0 Å². The van der Waals surface area contributed by atoms with Gasteiger partial charge in [-0.3, -0.25) is 4.79 Å². The Hall–Kier alpha value is -3.13. The van der Waals surface area contributed by atoms with Crippen molar-refractivity contribution in [1.29, 1.82) is 0 Å². The Labute approximate surface area is 147 Å². The minimum atomic E-state index is -0.00861. The molecule has 0 aliphatic carbocycles. The molecule has 1 aromatic heterocycles. The second kappa shape index (κ2) is 7.63. The van der Waals surface area contributed by atoms with Crippen LogP contribution in [0.1, 0.15) is 11.1 Å². The summed E-state index contributed by atoms with van der Waals surface area (Å²) in [7, 11) is 0. The monoisotopic (exact) mass is 328 g/mol. The van der Waals surface area contributed by atoms with Crippen LogP contribution in [0.3, 0.4) is 0 Å². The molecule has 0 aliphatic heterocycles. The van der Waals surface area contributed by atoms with Crippen LogP contribution in [0.15, 0.2) is 94.1 Å². The van der Waals surface area contributed by atoms with E-state index in [1.165, 1.54) is 17.2 Å². The molecule has 0 amide bonds. The van der Waals surface area contributed by atoms with Crippen LogP contribution in [0.5, 0.6) is 0 Å². The summed E-state index contributed by atoms with van der Waals surface area (Å²) in [5, 5.41) is 0.618. The molecule has 4 rings (SSSR count). The van der Waals surface area contributed by atoms with Crippen molar-refractivity contribution in [3.63, 3.8) is 0 Å². The molecule has 0 spiro atoms. The fourth-order valence-corrected chi connectivity index (χ4v) is 2.51. The highest BCUT2D eigenvalue weighted by atomic mass is 16.3. The molecule has 0 fully saturated rings. The summed E-state index contributed by atoms with van der Waals surface area (Å²) in [4.78, 5) is 11.9. The largest absolute Gasteiger partial charge is 0.456 e. The first-order chi connectivity index (χ1) is 12.1. The molecular formula is C23H20O2. The Morgan fingerprint density at radius 1 is 0.680 bits per heavy atom. The van der Waals surface area contributed by atoms with E-state index >= 15 is 0 Å². The number of rotatable bonds is 1. The lowest BCUT2D eigenvalue weighted by Crippen LogP contribution is -1.99. The molecule has 0 saturated carbocycles. The Morgan fingerprint density at radius 3 is 1.88 bits per heavy atom. The normalized spacial score (nSPS) is 10.2. The van der Waals surface area contributed by atoms with Gasteiger partial charge in [0.2, 0.25) is 0 Å². The summed E-state index contributed by atoms with van der Waals surface area (Å²) in [5.41, 5.74) is 4.26. The van der Waals surface area contributed by atoms with Gasteiger partial charge in [0.05, 0.1) is 5.39 Å². The highest BCUT2D eigenvalue weighted by Crippen LogP contribution is 2.21. The van der Waals surface area contributed by atoms with Gasteiger partial charge in [-0.1, -0.05) is 66.7 Å². The number of hydrogen-bond acceptors (Lipinski definition) is 2. The third-order valence-electron chi connectivity index (χ3n) is 4.12. The van der Waals surface area contributed by atoms with Gasteiger partial charge in [0.25, 0.3) is 0 Å². The number of fused-ring (bicyclic) bond motifs is 1. The topological polar surface area (TPSA) is 30.2 Å². The average Bonchev–Trinajstić information content (AvgIpc) is 2.65. The van der Waals surface area contributed by atoms with Crippen LogP contribution in [0, 0.1) is 13.8 Å². The lowest BCUT2D eigenvalue weighted by molar-refractivity contribution is 0.619. The van der Waals surface area contributed by atoms with Gasteiger partial charge in [0.15, 0.2) is 5.43 Å². The Morgan fingerprint density at radius 2 is 1.24 bits per heavy atom. The molecule has 0 N–H and O–H groups in total. The van der Waals surface area contributed by atoms with Crippen LogP contribution in [-0.4, -0.2) is 0 Å². The maximum Gasteiger partial charge on any atom is 0.193 e. The highest BCUT2D eigenvalue weighted by molar-refractivity contribution is 5.78. The van der Waals surface area contributed by atoms with Crippen LogP contribution >= 0.6 is 0 Å². The van der Waals surface area contributed by atoms with E-state index in [9.17, 15) is 4.79 Å².